The lowest BCUT2D eigenvalue weighted by Gasteiger charge is -2.45. The molecule has 3 aromatic heterocycles. The van der Waals surface area contributed by atoms with Gasteiger partial charge in [-0.15, -0.1) is 11.3 Å². The van der Waals surface area contributed by atoms with E-state index in [0.717, 1.165) is 28.6 Å². The summed E-state index contributed by atoms with van der Waals surface area (Å²) in [6, 6.07) is 7.96. The third-order valence-corrected chi connectivity index (χ3v) is 8.48. The predicted octanol–water partition coefficient (Wildman–Crippen LogP) is 4.45. The lowest BCUT2D eigenvalue weighted by Crippen LogP contribution is -2.65. The number of hydrogen-bond acceptors (Lipinski definition) is 4. The Morgan fingerprint density at radius 2 is 2.16 bits per heavy atom. The summed E-state index contributed by atoms with van der Waals surface area (Å²) < 4.78 is 3.11. The molecule has 4 atom stereocenters. The van der Waals surface area contributed by atoms with Gasteiger partial charge in [-0.3, -0.25) is 14.6 Å². The molecule has 7 heteroatoms. The van der Waals surface area contributed by atoms with E-state index in [0.29, 0.717) is 30.6 Å². The van der Waals surface area contributed by atoms with Crippen molar-refractivity contribution in [1.29, 1.82) is 0 Å². The molecule has 0 bridgehead atoms. The minimum Gasteiger partial charge on any atom is -0.351 e. The molecule has 0 unspecified atom stereocenters. The molecule has 0 saturated heterocycles. The Kier molecular flexibility index (Phi) is 5.32. The Bertz CT molecular complexity index is 1150. The van der Waals surface area contributed by atoms with Crippen LogP contribution in [0.3, 0.4) is 0 Å². The number of pyridine rings is 1. The van der Waals surface area contributed by atoms with Gasteiger partial charge < -0.3 is 14.8 Å². The van der Waals surface area contributed by atoms with E-state index in [-0.39, 0.29) is 17.9 Å². The molecule has 1 N–H and O–H groups in total. The number of nitrogens with zero attached hydrogens (tertiary/aromatic N) is 3. The topological polar surface area (TPSA) is 67.2 Å². The number of fused-ring (bicyclic) bond motifs is 3. The van der Waals surface area contributed by atoms with Gasteiger partial charge in [0.25, 0.3) is 5.91 Å². The molecule has 0 aromatic carbocycles. The van der Waals surface area contributed by atoms with Crippen LogP contribution < -0.4 is 5.32 Å². The van der Waals surface area contributed by atoms with Crippen molar-refractivity contribution in [2.45, 2.75) is 64.7 Å². The number of aromatic nitrogens is 2. The Morgan fingerprint density at radius 3 is 2.94 bits per heavy atom. The van der Waals surface area contributed by atoms with Crippen LogP contribution in [0.4, 0.5) is 0 Å². The first-order valence-corrected chi connectivity index (χ1v) is 12.3. The van der Waals surface area contributed by atoms with Crippen molar-refractivity contribution in [2.75, 3.05) is 0 Å². The van der Waals surface area contributed by atoms with Crippen molar-refractivity contribution in [3.63, 3.8) is 0 Å². The smallest absolute Gasteiger partial charge is 0.271 e. The quantitative estimate of drug-likeness (QED) is 0.638. The number of carbonyl (C=O) groups excluding carboxylic acids is 2. The van der Waals surface area contributed by atoms with E-state index in [2.05, 4.69) is 24.1 Å². The highest BCUT2D eigenvalue weighted by molar-refractivity contribution is 7.17. The molecule has 1 aliphatic carbocycles. The Hall–Kier alpha value is -2.67. The fraction of sp³-hybridized carbons (Fsp3) is 0.480. The first-order chi connectivity index (χ1) is 15.4. The Labute approximate surface area is 192 Å². The van der Waals surface area contributed by atoms with Gasteiger partial charge in [0.1, 0.15) is 11.2 Å². The minimum atomic E-state index is -0.992. The monoisotopic (exact) mass is 450 g/mol. The molecule has 0 spiro atoms. The average molecular weight is 451 g/mol. The van der Waals surface area contributed by atoms with Gasteiger partial charge in [-0.05, 0) is 54.3 Å². The summed E-state index contributed by atoms with van der Waals surface area (Å²) in [6.45, 7) is 7.20. The number of thiophene rings is 1. The molecule has 1 saturated carbocycles. The van der Waals surface area contributed by atoms with E-state index >= 15 is 0 Å². The summed E-state index contributed by atoms with van der Waals surface area (Å²) in [7, 11) is 0. The molecule has 1 aliphatic heterocycles. The molecule has 5 rings (SSSR count). The fourth-order valence-corrected chi connectivity index (χ4v) is 6.13. The second-order valence-electron chi connectivity index (χ2n) is 9.66. The highest BCUT2D eigenvalue weighted by Crippen LogP contribution is 2.36. The van der Waals surface area contributed by atoms with Crippen LogP contribution in [0.15, 0.2) is 42.0 Å². The second kappa shape index (κ2) is 8.03. The summed E-state index contributed by atoms with van der Waals surface area (Å²) in [5, 5.41) is 5.39. The van der Waals surface area contributed by atoms with E-state index in [9.17, 15) is 9.59 Å². The Morgan fingerprint density at radius 1 is 1.31 bits per heavy atom. The zero-order valence-corrected chi connectivity index (χ0v) is 19.7. The number of carbonyl (C=O) groups is 2. The van der Waals surface area contributed by atoms with Crippen LogP contribution in [-0.2, 0) is 17.9 Å². The SMILES string of the molecule is C[C@@H]1[C@H](C)CCC[C@@H]1NC(=O)[C@@]1(C)Cn2c(cc3sccc32)C(=O)N1Cc1cccnc1. The third kappa shape index (κ3) is 3.43. The summed E-state index contributed by atoms with van der Waals surface area (Å²) >= 11 is 1.62. The van der Waals surface area contributed by atoms with E-state index in [1.54, 1.807) is 28.6 Å². The van der Waals surface area contributed by atoms with E-state index < -0.39 is 5.54 Å². The van der Waals surface area contributed by atoms with Gasteiger partial charge in [-0.2, -0.15) is 0 Å². The second-order valence-corrected chi connectivity index (χ2v) is 10.6. The largest absolute Gasteiger partial charge is 0.351 e. The zero-order valence-electron chi connectivity index (χ0n) is 18.9. The fourth-order valence-electron chi connectivity index (χ4n) is 5.30. The third-order valence-electron chi connectivity index (χ3n) is 7.62. The molecule has 2 aliphatic rings. The van der Waals surface area contributed by atoms with Gasteiger partial charge in [-0.1, -0.05) is 32.8 Å². The van der Waals surface area contributed by atoms with Gasteiger partial charge in [0, 0.05) is 25.0 Å². The van der Waals surface area contributed by atoms with E-state index in [1.807, 2.05) is 41.1 Å². The lowest BCUT2D eigenvalue weighted by atomic mass is 9.77. The van der Waals surface area contributed by atoms with Gasteiger partial charge in [0.2, 0.25) is 5.91 Å². The van der Waals surface area contributed by atoms with Crippen LogP contribution in [0.25, 0.3) is 10.2 Å². The van der Waals surface area contributed by atoms with Crippen LogP contribution in [0, 0.1) is 11.8 Å². The van der Waals surface area contributed by atoms with Crippen LogP contribution >= 0.6 is 11.3 Å². The van der Waals surface area contributed by atoms with Crippen molar-refractivity contribution in [3.05, 3.63) is 53.3 Å². The summed E-state index contributed by atoms with van der Waals surface area (Å²) in [6.07, 6.45) is 6.82. The highest BCUT2D eigenvalue weighted by Gasteiger charge is 2.48. The maximum atomic E-state index is 13.9. The van der Waals surface area contributed by atoms with Gasteiger partial charge in [0.15, 0.2) is 0 Å². The molecule has 2 amide bonds. The number of nitrogens with one attached hydrogen (secondary N) is 1. The molecule has 32 heavy (non-hydrogen) atoms. The minimum absolute atomic E-state index is 0.0663. The standard InChI is InChI=1S/C25H30N4O2S/c1-16-6-4-8-19(17(16)2)27-24(31)25(3)15-28-20-9-11-32-22(20)12-21(28)23(30)29(25)14-18-7-5-10-26-13-18/h5,7,9-13,16-17,19H,4,6,8,14-15H2,1-3H3,(H,27,31)/t16-,17-,19+,25-/m1/s1. The molecule has 4 heterocycles. The van der Waals surface area contributed by atoms with E-state index in [1.165, 1.54) is 6.42 Å². The first-order valence-electron chi connectivity index (χ1n) is 11.5. The van der Waals surface area contributed by atoms with Crippen LogP contribution in [0.5, 0.6) is 0 Å². The molecule has 3 aromatic rings. The number of amides is 2. The summed E-state index contributed by atoms with van der Waals surface area (Å²) in [4.78, 5) is 33.5. The molecular weight excluding hydrogens is 420 g/mol. The molecule has 6 nitrogen and oxygen atoms in total. The number of rotatable bonds is 4. The predicted molar refractivity (Wildman–Crippen MR) is 126 cm³/mol. The zero-order chi connectivity index (χ0) is 22.5. The average Bonchev–Trinajstić information content (AvgIpc) is 3.37. The van der Waals surface area contributed by atoms with Crippen molar-refractivity contribution in [3.8, 4) is 0 Å². The van der Waals surface area contributed by atoms with Crippen molar-refractivity contribution in [1.82, 2.24) is 19.8 Å². The molecular formula is C25H30N4O2S. The van der Waals surface area contributed by atoms with Crippen LogP contribution in [0.1, 0.15) is 56.1 Å². The maximum Gasteiger partial charge on any atom is 0.271 e. The van der Waals surface area contributed by atoms with Crippen LogP contribution in [0.2, 0.25) is 0 Å². The molecule has 0 radical (unpaired) electrons. The maximum absolute atomic E-state index is 13.9. The first kappa shape index (κ1) is 21.2. The lowest BCUT2D eigenvalue weighted by molar-refractivity contribution is -0.134. The molecule has 168 valence electrons. The number of hydrogen-bond donors (Lipinski definition) is 1. The van der Waals surface area contributed by atoms with Crippen molar-refractivity contribution in [2.24, 2.45) is 11.8 Å². The van der Waals surface area contributed by atoms with Crippen molar-refractivity contribution >= 4 is 33.4 Å². The molecule has 1 fully saturated rings. The highest BCUT2D eigenvalue weighted by atomic mass is 32.1. The summed E-state index contributed by atoms with van der Waals surface area (Å²) in [5.41, 5.74) is 1.61. The normalized spacial score (nSPS) is 28.0. The van der Waals surface area contributed by atoms with E-state index in [4.69, 9.17) is 0 Å². The summed E-state index contributed by atoms with van der Waals surface area (Å²) in [5.74, 6) is 0.838. The van der Waals surface area contributed by atoms with Gasteiger partial charge in [-0.25, -0.2) is 0 Å². The van der Waals surface area contributed by atoms with Crippen LogP contribution in [-0.4, -0.2) is 37.8 Å². The van der Waals surface area contributed by atoms with Gasteiger partial charge in [0.05, 0.1) is 16.8 Å². The van der Waals surface area contributed by atoms with Crippen molar-refractivity contribution < 1.29 is 9.59 Å². The van der Waals surface area contributed by atoms with Gasteiger partial charge >= 0.3 is 0 Å². The Balaban J connectivity index is 1.52.